The second-order valence-corrected chi connectivity index (χ2v) is 3.82. The fourth-order valence-corrected chi connectivity index (χ4v) is 1.05. The molecule has 0 fully saturated rings. The molecule has 0 saturated heterocycles. The largest absolute Gasteiger partial charge is 0.467 e. The lowest BCUT2D eigenvalue weighted by molar-refractivity contribution is 0.0165. The number of esters is 1. The number of furan rings is 1. The predicted molar refractivity (Wildman–Crippen MR) is 57.7 cm³/mol. The van der Waals surface area contributed by atoms with Gasteiger partial charge in [0.1, 0.15) is 12.0 Å². The van der Waals surface area contributed by atoms with Gasteiger partial charge in [0.15, 0.2) is 0 Å². The molecule has 0 bridgehead atoms. The molecule has 90 valence electrons. The van der Waals surface area contributed by atoms with E-state index in [-0.39, 0.29) is 0 Å². The van der Waals surface area contributed by atoms with Crippen LogP contribution in [0, 0.1) is 5.92 Å². The second kappa shape index (κ2) is 6.30. The molecule has 0 radical (unpaired) electrons. The molecule has 0 aliphatic heterocycles. The molecule has 0 spiro atoms. The summed E-state index contributed by atoms with van der Waals surface area (Å²) in [6.07, 6.45) is 1.37. The third-order valence-corrected chi connectivity index (χ3v) is 1.84. The van der Waals surface area contributed by atoms with E-state index in [0.29, 0.717) is 30.4 Å². The van der Waals surface area contributed by atoms with Gasteiger partial charge in [-0.2, -0.15) is 5.48 Å². The highest BCUT2D eigenvalue weighted by atomic mass is 16.6. The monoisotopic (exact) mass is 227 g/mol. The van der Waals surface area contributed by atoms with Crippen molar-refractivity contribution in [2.24, 2.45) is 5.92 Å². The topological polar surface area (TPSA) is 60.7 Å². The number of nitrogens with one attached hydrogen (secondary N) is 1. The summed E-state index contributed by atoms with van der Waals surface area (Å²) < 4.78 is 9.71. The summed E-state index contributed by atoms with van der Waals surface area (Å²) in [5.41, 5.74) is 3.16. The Morgan fingerprint density at radius 2 is 2.31 bits per heavy atom. The minimum absolute atomic E-state index is 0.405. The third-order valence-electron chi connectivity index (χ3n) is 1.84. The molecule has 0 saturated carbocycles. The van der Waals surface area contributed by atoms with Gasteiger partial charge in [0.2, 0.25) is 0 Å². The van der Waals surface area contributed by atoms with Crippen LogP contribution in [0.2, 0.25) is 0 Å². The van der Waals surface area contributed by atoms with Crippen LogP contribution in [0.1, 0.15) is 30.0 Å². The molecule has 1 aromatic rings. The van der Waals surface area contributed by atoms with Crippen molar-refractivity contribution in [2.75, 3.05) is 13.7 Å². The van der Waals surface area contributed by atoms with Crippen molar-refractivity contribution in [3.05, 3.63) is 23.7 Å². The minimum Gasteiger partial charge on any atom is -0.467 e. The van der Waals surface area contributed by atoms with Gasteiger partial charge in [-0.05, 0) is 12.0 Å². The molecule has 0 aromatic carbocycles. The highest BCUT2D eigenvalue weighted by molar-refractivity contribution is 5.88. The van der Waals surface area contributed by atoms with E-state index >= 15 is 0 Å². The van der Waals surface area contributed by atoms with Gasteiger partial charge in [-0.1, -0.05) is 13.8 Å². The number of carbonyl (C=O) groups excluding carboxylic acids is 1. The second-order valence-electron chi connectivity index (χ2n) is 3.82. The van der Waals surface area contributed by atoms with Gasteiger partial charge in [-0.3, -0.25) is 0 Å². The van der Waals surface area contributed by atoms with Crippen molar-refractivity contribution in [2.45, 2.75) is 20.4 Å². The zero-order valence-corrected chi connectivity index (χ0v) is 9.78. The predicted octanol–water partition coefficient (Wildman–Crippen LogP) is 1.74. The average Bonchev–Trinajstić information content (AvgIpc) is 2.71. The van der Waals surface area contributed by atoms with Crippen LogP contribution in [0.4, 0.5) is 0 Å². The quantitative estimate of drug-likeness (QED) is 0.455. The number of hydrogen-bond donors (Lipinski definition) is 1. The summed E-state index contributed by atoms with van der Waals surface area (Å²) >= 11 is 0. The van der Waals surface area contributed by atoms with Crippen molar-refractivity contribution in [1.29, 1.82) is 0 Å². The van der Waals surface area contributed by atoms with Crippen molar-refractivity contribution in [1.82, 2.24) is 5.48 Å². The van der Waals surface area contributed by atoms with Crippen molar-refractivity contribution < 1.29 is 18.8 Å². The van der Waals surface area contributed by atoms with Crippen LogP contribution in [-0.4, -0.2) is 19.7 Å². The first kappa shape index (κ1) is 12.7. The maximum atomic E-state index is 11.1. The molecule has 5 heteroatoms. The van der Waals surface area contributed by atoms with Crippen molar-refractivity contribution >= 4 is 5.97 Å². The van der Waals surface area contributed by atoms with Gasteiger partial charge in [-0.25, -0.2) is 4.79 Å². The summed E-state index contributed by atoms with van der Waals surface area (Å²) in [6.45, 7) is 5.17. The average molecular weight is 227 g/mol. The molecule has 16 heavy (non-hydrogen) atoms. The number of carbonyl (C=O) groups is 1. The lowest BCUT2D eigenvalue weighted by Crippen LogP contribution is -2.17. The molecule has 0 aliphatic rings. The Labute approximate surface area is 94.7 Å². The van der Waals surface area contributed by atoms with Crippen LogP contribution in [0.25, 0.3) is 0 Å². The first-order chi connectivity index (χ1) is 7.63. The lowest BCUT2D eigenvalue weighted by atomic mass is 10.2. The number of rotatable bonds is 6. The number of ether oxygens (including phenoxy) is 1. The van der Waals surface area contributed by atoms with E-state index in [9.17, 15) is 4.79 Å². The first-order valence-corrected chi connectivity index (χ1v) is 5.14. The summed E-state index contributed by atoms with van der Waals surface area (Å²) in [6, 6.07) is 1.62. The Morgan fingerprint density at radius 3 is 2.94 bits per heavy atom. The third kappa shape index (κ3) is 4.04. The molecular weight excluding hydrogens is 210 g/mol. The number of hydrogen-bond acceptors (Lipinski definition) is 5. The van der Waals surface area contributed by atoms with E-state index in [0.717, 1.165) is 0 Å². The molecule has 1 heterocycles. The van der Waals surface area contributed by atoms with Crippen LogP contribution < -0.4 is 5.48 Å². The normalized spacial score (nSPS) is 10.8. The minimum atomic E-state index is -0.405. The Balaban J connectivity index is 2.32. The smallest absolute Gasteiger partial charge is 0.341 e. The lowest BCUT2D eigenvalue weighted by Gasteiger charge is -2.05. The molecule has 0 amide bonds. The first-order valence-electron chi connectivity index (χ1n) is 5.14. The highest BCUT2D eigenvalue weighted by Gasteiger charge is 2.09. The molecule has 1 N–H and O–H groups in total. The van der Waals surface area contributed by atoms with Gasteiger partial charge in [0.05, 0.1) is 25.8 Å². The maximum absolute atomic E-state index is 11.1. The van der Waals surface area contributed by atoms with E-state index in [2.05, 4.69) is 24.1 Å². The van der Waals surface area contributed by atoms with Gasteiger partial charge >= 0.3 is 5.97 Å². The van der Waals surface area contributed by atoms with E-state index in [4.69, 9.17) is 9.25 Å². The van der Waals surface area contributed by atoms with Crippen molar-refractivity contribution in [3.63, 3.8) is 0 Å². The Hall–Kier alpha value is -1.33. The van der Waals surface area contributed by atoms with Crippen molar-refractivity contribution in [3.8, 4) is 0 Å². The van der Waals surface area contributed by atoms with Crippen LogP contribution in [-0.2, 0) is 16.1 Å². The Morgan fingerprint density at radius 1 is 1.56 bits per heavy atom. The molecule has 5 nitrogen and oxygen atoms in total. The molecule has 0 unspecified atom stereocenters. The molecule has 0 aliphatic carbocycles. The molecule has 1 aromatic heterocycles. The SMILES string of the molecule is COC(=O)c1coc(CNOCC(C)C)c1. The van der Waals surface area contributed by atoms with E-state index in [1.165, 1.54) is 13.4 Å². The molecule has 0 atom stereocenters. The summed E-state index contributed by atoms with van der Waals surface area (Å²) in [5, 5.41) is 0. The van der Waals surface area contributed by atoms with E-state index in [1.54, 1.807) is 6.07 Å². The fourth-order valence-electron chi connectivity index (χ4n) is 1.05. The van der Waals surface area contributed by atoms with Gasteiger partial charge in [-0.15, -0.1) is 0 Å². The zero-order valence-electron chi connectivity index (χ0n) is 9.78. The maximum Gasteiger partial charge on any atom is 0.341 e. The molecular formula is C11H17NO4. The van der Waals surface area contributed by atoms with E-state index < -0.39 is 5.97 Å². The molecule has 1 rings (SSSR count). The zero-order chi connectivity index (χ0) is 12.0. The number of hydroxylamine groups is 1. The fraction of sp³-hybridized carbons (Fsp3) is 0.545. The van der Waals surface area contributed by atoms with Crippen LogP contribution in [0.3, 0.4) is 0 Å². The van der Waals surface area contributed by atoms with Gasteiger partial charge in [0, 0.05) is 0 Å². The van der Waals surface area contributed by atoms with Gasteiger partial charge < -0.3 is 14.0 Å². The van der Waals surface area contributed by atoms with Gasteiger partial charge in [0.25, 0.3) is 0 Å². The van der Waals surface area contributed by atoms with E-state index in [1.807, 2.05) is 0 Å². The number of methoxy groups -OCH3 is 1. The standard InChI is InChI=1S/C11H17NO4/c1-8(2)6-16-12-5-10-4-9(7-15-10)11(13)14-3/h4,7-8,12H,5-6H2,1-3H3. The van der Waals surface area contributed by atoms with Crippen LogP contribution in [0.5, 0.6) is 0 Å². The highest BCUT2D eigenvalue weighted by Crippen LogP contribution is 2.08. The Kier molecular flexibility index (Phi) is 5.01. The Bertz CT molecular complexity index is 332. The summed E-state index contributed by atoms with van der Waals surface area (Å²) in [4.78, 5) is 16.3. The summed E-state index contributed by atoms with van der Waals surface area (Å²) in [5.74, 6) is 0.692. The van der Waals surface area contributed by atoms with Crippen LogP contribution >= 0.6 is 0 Å². The van der Waals surface area contributed by atoms with Crippen LogP contribution in [0.15, 0.2) is 16.7 Å². The summed E-state index contributed by atoms with van der Waals surface area (Å²) in [7, 11) is 1.33.